The van der Waals surface area contributed by atoms with E-state index < -0.39 is 24.3 Å². The summed E-state index contributed by atoms with van der Waals surface area (Å²) in [7, 11) is 0. The number of amides is 1. The number of hydrogen-bond donors (Lipinski definition) is 1. The SMILES string of the molecule is N#CCCN(C(=O)COC(=O)c1cc(Br)ccc1N)c1ccccc1F. The van der Waals surface area contributed by atoms with Crippen LogP contribution in [-0.4, -0.2) is 25.0 Å². The monoisotopic (exact) mass is 419 g/mol. The number of halogens is 2. The third kappa shape index (κ3) is 4.80. The molecule has 2 aromatic rings. The first-order valence-electron chi connectivity index (χ1n) is 7.58. The maximum atomic E-state index is 14.0. The van der Waals surface area contributed by atoms with Gasteiger partial charge in [0.25, 0.3) is 5.91 Å². The van der Waals surface area contributed by atoms with Gasteiger partial charge in [-0.25, -0.2) is 9.18 Å². The number of esters is 1. The molecular formula is C18H15BrFN3O3. The fourth-order valence-corrected chi connectivity index (χ4v) is 2.56. The van der Waals surface area contributed by atoms with Gasteiger partial charge in [0.15, 0.2) is 6.61 Å². The van der Waals surface area contributed by atoms with Crippen LogP contribution >= 0.6 is 15.9 Å². The number of anilines is 2. The molecule has 0 spiro atoms. The van der Waals surface area contributed by atoms with E-state index in [1.54, 1.807) is 12.1 Å². The number of nitrogens with two attached hydrogens (primary N) is 1. The van der Waals surface area contributed by atoms with Crippen molar-refractivity contribution in [2.24, 2.45) is 0 Å². The zero-order valence-electron chi connectivity index (χ0n) is 13.6. The van der Waals surface area contributed by atoms with Gasteiger partial charge < -0.3 is 15.4 Å². The number of rotatable bonds is 6. The largest absolute Gasteiger partial charge is 0.452 e. The predicted octanol–water partition coefficient (Wildman–Crippen LogP) is 3.27. The second-order valence-corrected chi connectivity index (χ2v) is 6.13. The van der Waals surface area contributed by atoms with Gasteiger partial charge in [-0.15, -0.1) is 0 Å². The van der Waals surface area contributed by atoms with Crippen LogP contribution in [0.2, 0.25) is 0 Å². The van der Waals surface area contributed by atoms with E-state index in [0.29, 0.717) is 4.47 Å². The molecule has 0 saturated carbocycles. The molecule has 0 aliphatic carbocycles. The van der Waals surface area contributed by atoms with Crippen molar-refractivity contribution in [3.05, 3.63) is 58.3 Å². The number of nitrogens with zero attached hydrogens (tertiary/aromatic N) is 2. The summed E-state index contributed by atoms with van der Waals surface area (Å²) in [6, 6.07) is 12.3. The van der Waals surface area contributed by atoms with Crippen LogP contribution in [0.3, 0.4) is 0 Å². The standard InChI is InChI=1S/C18H15BrFN3O3/c19-12-6-7-15(22)13(10-12)18(25)26-11-17(24)23(9-3-8-21)16-5-2-1-4-14(16)20/h1-2,4-7,10H,3,9,11,22H2. The third-order valence-corrected chi connectivity index (χ3v) is 3.95. The first-order valence-corrected chi connectivity index (χ1v) is 8.37. The molecule has 2 aromatic carbocycles. The van der Waals surface area contributed by atoms with Crippen LogP contribution in [0.5, 0.6) is 0 Å². The van der Waals surface area contributed by atoms with Crippen molar-refractivity contribution in [3.8, 4) is 6.07 Å². The Kier molecular flexibility index (Phi) is 6.69. The highest BCUT2D eigenvalue weighted by atomic mass is 79.9. The highest BCUT2D eigenvalue weighted by molar-refractivity contribution is 9.10. The number of benzene rings is 2. The van der Waals surface area contributed by atoms with Gasteiger partial charge in [-0.05, 0) is 30.3 Å². The van der Waals surface area contributed by atoms with Gasteiger partial charge in [-0.3, -0.25) is 4.79 Å². The van der Waals surface area contributed by atoms with Crippen molar-refractivity contribution in [1.82, 2.24) is 0 Å². The molecule has 6 nitrogen and oxygen atoms in total. The topological polar surface area (TPSA) is 96.4 Å². The Morgan fingerprint density at radius 1 is 1.27 bits per heavy atom. The minimum absolute atomic E-state index is 0.00655. The zero-order valence-corrected chi connectivity index (χ0v) is 15.2. The lowest BCUT2D eigenvalue weighted by Gasteiger charge is -2.22. The average Bonchev–Trinajstić information content (AvgIpc) is 2.63. The van der Waals surface area contributed by atoms with E-state index in [2.05, 4.69) is 15.9 Å². The van der Waals surface area contributed by atoms with Crippen molar-refractivity contribution in [3.63, 3.8) is 0 Å². The van der Waals surface area contributed by atoms with Crippen LogP contribution < -0.4 is 10.6 Å². The molecule has 0 atom stereocenters. The molecule has 0 saturated heterocycles. The molecule has 8 heteroatoms. The number of ether oxygens (including phenoxy) is 1. The minimum Gasteiger partial charge on any atom is -0.452 e. The lowest BCUT2D eigenvalue weighted by Crippen LogP contribution is -2.36. The molecule has 1 amide bonds. The van der Waals surface area contributed by atoms with E-state index in [-0.39, 0.29) is 29.9 Å². The van der Waals surface area contributed by atoms with Gasteiger partial charge in [0.1, 0.15) is 5.82 Å². The Morgan fingerprint density at radius 3 is 2.69 bits per heavy atom. The number of nitriles is 1. The highest BCUT2D eigenvalue weighted by Crippen LogP contribution is 2.21. The van der Waals surface area contributed by atoms with Crippen molar-refractivity contribution < 1.29 is 18.7 Å². The summed E-state index contributed by atoms with van der Waals surface area (Å²) in [5, 5.41) is 8.75. The number of hydrogen-bond acceptors (Lipinski definition) is 5. The van der Waals surface area contributed by atoms with Gasteiger partial charge in [-0.2, -0.15) is 5.26 Å². The minimum atomic E-state index is -0.772. The Hall–Kier alpha value is -2.92. The molecule has 0 aromatic heterocycles. The zero-order chi connectivity index (χ0) is 19.1. The first-order chi connectivity index (χ1) is 12.4. The summed E-state index contributed by atoms with van der Waals surface area (Å²) in [4.78, 5) is 25.6. The van der Waals surface area contributed by atoms with Crippen LogP contribution in [-0.2, 0) is 9.53 Å². The Labute approximate surface area is 158 Å². The van der Waals surface area contributed by atoms with Crippen LogP contribution in [0.4, 0.5) is 15.8 Å². The van der Waals surface area contributed by atoms with Crippen molar-refractivity contribution >= 4 is 39.2 Å². The molecule has 0 heterocycles. The van der Waals surface area contributed by atoms with Crippen LogP contribution in [0.15, 0.2) is 46.9 Å². The molecule has 0 radical (unpaired) electrons. The lowest BCUT2D eigenvalue weighted by atomic mass is 10.2. The molecule has 0 bridgehead atoms. The molecule has 0 aliphatic rings. The quantitative estimate of drug-likeness (QED) is 0.572. The van der Waals surface area contributed by atoms with Crippen molar-refractivity contribution in [2.75, 3.05) is 23.8 Å². The summed E-state index contributed by atoms with van der Waals surface area (Å²) >= 11 is 3.22. The lowest BCUT2D eigenvalue weighted by molar-refractivity contribution is -0.121. The smallest absolute Gasteiger partial charge is 0.340 e. The third-order valence-electron chi connectivity index (χ3n) is 3.45. The maximum absolute atomic E-state index is 14.0. The molecule has 2 rings (SSSR count). The molecule has 26 heavy (non-hydrogen) atoms. The van der Waals surface area contributed by atoms with Gasteiger partial charge in [0.2, 0.25) is 0 Å². The van der Waals surface area contributed by atoms with Crippen molar-refractivity contribution in [2.45, 2.75) is 6.42 Å². The average molecular weight is 420 g/mol. The van der Waals surface area contributed by atoms with E-state index >= 15 is 0 Å². The van der Waals surface area contributed by atoms with E-state index in [0.717, 1.165) is 4.90 Å². The molecule has 0 aliphatic heterocycles. The maximum Gasteiger partial charge on any atom is 0.340 e. The Morgan fingerprint density at radius 2 is 2.00 bits per heavy atom. The normalized spacial score (nSPS) is 10.0. The van der Waals surface area contributed by atoms with E-state index in [4.69, 9.17) is 15.7 Å². The summed E-state index contributed by atoms with van der Waals surface area (Å²) in [5.41, 5.74) is 6.07. The van der Waals surface area contributed by atoms with E-state index in [9.17, 15) is 14.0 Å². The van der Waals surface area contributed by atoms with E-state index in [1.165, 1.54) is 30.3 Å². The summed E-state index contributed by atoms with van der Waals surface area (Å²) in [5.74, 6) is -2.03. The van der Waals surface area contributed by atoms with Gasteiger partial charge in [0.05, 0.1) is 23.7 Å². The number of carbonyl (C=O) groups is 2. The Bertz CT molecular complexity index is 867. The van der Waals surface area contributed by atoms with Gasteiger partial charge in [-0.1, -0.05) is 28.1 Å². The highest BCUT2D eigenvalue weighted by Gasteiger charge is 2.21. The first kappa shape index (κ1) is 19.4. The van der Waals surface area contributed by atoms with Crippen LogP contribution in [0, 0.1) is 17.1 Å². The molecule has 0 unspecified atom stereocenters. The predicted molar refractivity (Wildman–Crippen MR) is 97.8 cm³/mol. The Balaban J connectivity index is 2.12. The van der Waals surface area contributed by atoms with Crippen LogP contribution in [0.1, 0.15) is 16.8 Å². The number of para-hydroxylation sites is 1. The van der Waals surface area contributed by atoms with Gasteiger partial charge >= 0.3 is 5.97 Å². The van der Waals surface area contributed by atoms with Crippen LogP contribution in [0.25, 0.3) is 0 Å². The molecule has 0 fully saturated rings. The second-order valence-electron chi connectivity index (χ2n) is 5.21. The van der Waals surface area contributed by atoms with Crippen molar-refractivity contribution in [1.29, 1.82) is 5.26 Å². The van der Waals surface area contributed by atoms with Gasteiger partial charge in [0, 0.05) is 16.7 Å². The number of nitrogen functional groups attached to an aromatic ring is 1. The fourth-order valence-electron chi connectivity index (χ4n) is 2.20. The summed E-state index contributed by atoms with van der Waals surface area (Å²) in [6.45, 7) is -0.628. The summed E-state index contributed by atoms with van der Waals surface area (Å²) in [6.07, 6.45) is 0.00655. The summed E-state index contributed by atoms with van der Waals surface area (Å²) < 4.78 is 19.6. The van der Waals surface area contributed by atoms with E-state index in [1.807, 2.05) is 6.07 Å². The molecule has 2 N–H and O–H groups in total. The molecular weight excluding hydrogens is 405 g/mol. The number of carbonyl (C=O) groups excluding carboxylic acids is 2. The fraction of sp³-hybridized carbons (Fsp3) is 0.167. The molecule has 134 valence electrons. The second kappa shape index (κ2) is 8.97.